The third kappa shape index (κ3) is 2.72. The van der Waals surface area contributed by atoms with E-state index in [0.29, 0.717) is 0 Å². The zero-order chi connectivity index (χ0) is 15.6. The van der Waals surface area contributed by atoms with Crippen LogP contribution in [0.3, 0.4) is 0 Å². The number of rotatable bonds is 4. The molecule has 0 aliphatic rings. The number of carbonyl (C=O) groups excluding carboxylic acids is 1. The van der Waals surface area contributed by atoms with Gasteiger partial charge in [0, 0.05) is 19.3 Å². The number of hydrogen-bond donors (Lipinski definition) is 1. The second kappa shape index (κ2) is 5.92. The molecule has 0 aliphatic carbocycles. The van der Waals surface area contributed by atoms with Crippen LogP contribution in [0.4, 0.5) is 4.79 Å². The molecule has 9 heteroatoms. The van der Waals surface area contributed by atoms with Gasteiger partial charge in [-0.15, -0.1) is 0 Å². The Labute approximate surface area is 119 Å². The summed E-state index contributed by atoms with van der Waals surface area (Å²) >= 11 is 0. The summed E-state index contributed by atoms with van der Waals surface area (Å²) in [6.45, 7) is 3.75. The molecule has 0 atom stereocenters. The maximum Gasteiger partial charge on any atom is 0.422 e. The average Bonchev–Trinajstić information content (AvgIpc) is 2.70. The van der Waals surface area contributed by atoms with Crippen LogP contribution in [-0.4, -0.2) is 45.5 Å². The lowest BCUT2D eigenvalue weighted by atomic mass is 10.4. The van der Waals surface area contributed by atoms with E-state index in [1.54, 1.807) is 13.8 Å². The first kappa shape index (κ1) is 15.0. The van der Waals surface area contributed by atoms with E-state index in [4.69, 9.17) is 9.47 Å². The second-order valence-corrected chi connectivity index (χ2v) is 4.60. The van der Waals surface area contributed by atoms with Gasteiger partial charge in [0.25, 0.3) is 0 Å². The summed E-state index contributed by atoms with van der Waals surface area (Å²) in [5, 5.41) is 0. The van der Waals surface area contributed by atoms with Crippen molar-refractivity contribution < 1.29 is 14.3 Å². The van der Waals surface area contributed by atoms with Gasteiger partial charge in [-0.1, -0.05) is 0 Å². The van der Waals surface area contributed by atoms with Gasteiger partial charge in [-0.3, -0.25) is 4.57 Å². The van der Waals surface area contributed by atoms with Gasteiger partial charge in [-0.05, 0) is 13.8 Å². The van der Waals surface area contributed by atoms with Crippen LogP contribution in [-0.2, 0) is 9.47 Å². The molecule has 0 aromatic carbocycles. The standard InChI is InChI=1S/C12H16N4O5/c1-7(2)15-9-8(6-13-10(17)14-9)16(11(15)18)12(19)21-5-4-20-3/h6-7H,4-5H2,1-3H3,(H,13,14,17). The van der Waals surface area contributed by atoms with E-state index in [2.05, 4.69) is 9.97 Å². The Morgan fingerprint density at radius 3 is 2.71 bits per heavy atom. The molecule has 21 heavy (non-hydrogen) atoms. The highest BCUT2D eigenvalue weighted by molar-refractivity contribution is 5.84. The Hall–Kier alpha value is -2.42. The number of imidazole rings is 1. The normalized spacial score (nSPS) is 11.2. The number of methoxy groups -OCH3 is 1. The number of nitrogens with one attached hydrogen (secondary N) is 1. The topological polar surface area (TPSA) is 108 Å². The molecule has 9 nitrogen and oxygen atoms in total. The second-order valence-electron chi connectivity index (χ2n) is 4.60. The van der Waals surface area contributed by atoms with Crippen molar-refractivity contribution in [2.75, 3.05) is 20.3 Å². The first-order valence-electron chi connectivity index (χ1n) is 6.36. The van der Waals surface area contributed by atoms with Crippen LogP contribution in [0.1, 0.15) is 19.9 Å². The highest BCUT2D eigenvalue weighted by Crippen LogP contribution is 2.12. The Kier molecular flexibility index (Phi) is 4.22. The number of aromatic amines is 1. The quantitative estimate of drug-likeness (QED) is 0.801. The Balaban J connectivity index is 2.58. The minimum Gasteiger partial charge on any atom is -0.446 e. The Morgan fingerprint density at radius 1 is 1.38 bits per heavy atom. The number of hydrogen-bond acceptors (Lipinski definition) is 6. The Morgan fingerprint density at radius 2 is 2.10 bits per heavy atom. The third-order valence-corrected chi connectivity index (χ3v) is 2.85. The van der Waals surface area contributed by atoms with Crippen molar-refractivity contribution in [3.05, 3.63) is 27.2 Å². The predicted molar refractivity (Wildman–Crippen MR) is 73.6 cm³/mol. The summed E-state index contributed by atoms with van der Waals surface area (Å²) in [5.74, 6) is 0. The van der Waals surface area contributed by atoms with Crippen LogP contribution >= 0.6 is 0 Å². The minimum absolute atomic E-state index is 0.0207. The molecule has 0 bridgehead atoms. The molecule has 0 spiro atoms. The van der Waals surface area contributed by atoms with Gasteiger partial charge in [-0.2, -0.15) is 9.55 Å². The van der Waals surface area contributed by atoms with Crippen LogP contribution in [0.25, 0.3) is 11.2 Å². The van der Waals surface area contributed by atoms with E-state index in [-0.39, 0.29) is 30.4 Å². The fourth-order valence-electron chi connectivity index (χ4n) is 1.94. The first-order valence-corrected chi connectivity index (χ1v) is 6.36. The fourth-order valence-corrected chi connectivity index (χ4v) is 1.94. The molecule has 1 N–H and O–H groups in total. The number of H-pyrrole nitrogens is 1. The summed E-state index contributed by atoms with van der Waals surface area (Å²) in [7, 11) is 1.47. The van der Waals surface area contributed by atoms with Crippen LogP contribution in [0.15, 0.2) is 15.8 Å². The van der Waals surface area contributed by atoms with Gasteiger partial charge in [0.1, 0.15) is 12.1 Å². The summed E-state index contributed by atoms with van der Waals surface area (Å²) in [4.78, 5) is 41.8. The zero-order valence-corrected chi connectivity index (χ0v) is 12.0. The number of aromatic nitrogens is 4. The van der Waals surface area contributed by atoms with E-state index in [1.807, 2.05) is 0 Å². The number of nitrogens with zero attached hydrogens (tertiary/aromatic N) is 3. The maximum absolute atomic E-state index is 12.4. The molecule has 0 fully saturated rings. The molecule has 2 rings (SSSR count). The van der Waals surface area contributed by atoms with Crippen LogP contribution < -0.4 is 11.4 Å². The number of fused-ring (bicyclic) bond motifs is 1. The molecular formula is C12H16N4O5. The van der Waals surface area contributed by atoms with E-state index < -0.39 is 17.5 Å². The van der Waals surface area contributed by atoms with Gasteiger partial charge >= 0.3 is 17.5 Å². The lowest BCUT2D eigenvalue weighted by Gasteiger charge is -2.05. The van der Waals surface area contributed by atoms with Crippen molar-refractivity contribution in [1.82, 2.24) is 19.1 Å². The molecule has 0 amide bonds. The number of ether oxygens (including phenoxy) is 2. The fraction of sp³-hybridized carbons (Fsp3) is 0.500. The zero-order valence-electron chi connectivity index (χ0n) is 12.0. The summed E-state index contributed by atoms with van der Waals surface area (Å²) in [5.41, 5.74) is -0.867. The van der Waals surface area contributed by atoms with E-state index in [1.165, 1.54) is 17.9 Å². The van der Waals surface area contributed by atoms with Crippen LogP contribution in [0, 0.1) is 0 Å². The smallest absolute Gasteiger partial charge is 0.422 e. The molecule has 2 aromatic heterocycles. The molecule has 2 aromatic rings. The molecule has 114 valence electrons. The molecule has 0 radical (unpaired) electrons. The van der Waals surface area contributed by atoms with Crippen molar-refractivity contribution in [2.24, 2.45) is 0 Å². The molecule has 0 aliphatic heterocycles. The first-order chi connectivity index (χ1) is 9.97. The van der Waals surface area contributed by atoms with Crippen molar-refractivity contribution >= 4 is 17.3 Å². The molecule has 2 heterocycles. The largest absolute Gasteiger partial charge is 0.446 e. The van der Waals surface area contributed by atoms with Crippen molar-refractivity contribution in [2.45, 2.75) is 19.9 Å². The van der Waals surface area contributed by atoms with Gasteiger partial charge in [0.05, 0.1) is 6.61 Å². The highest BCUT2D eigenvalue weighted by Gasteiger charge is 2.22. The van der Waals surface area contributed by atoms with Crippen LogP contribution in [0.2, 0.25) is 0 Å². The van der Waals surface area contributed by atoms with Crippen LogP contribution in [0.5, 0.6) is 0 Å². The van der Waals surface area contributed by atoms with Gasteiger partial charge in [0.2, 0.25) is 0 Å². The van der Waals surface area contributed by atoms with Crippen molar-refractivity contribution in [3.63, 3.8) is 0 Å². The van der Waals surface area contributed by atoms with Gasteiger partial charge in [-0.25, -0.2) is 14.4 Å². The monoisotopic (exact) mass is 296 g/mol. The van der Waals surface area contributed by atoms with E-state index in [9.17, 15) is 14.4 Å². The van der Waals surface area contributed by atoms with Gasteiger partial charge in [0.15, 0.2) is 5.65 Å². The summed E-state index contributed by atoms with van der Waals surface area (Å²) in [6.07, 6.45) is 0.429. The highest BCUT2D eigenvalue weighted by atomic mass is 16.6. The van der Waals surface area contributed by atoms with E-state index >= 15 is 0 Å². The van der Waals surface area contributed by atoms with Gasteiger partial charge < -0.3 is 14.5 Å². The molecule has 0 saturated carbocycles. The third-order valence-electron chi connectivity index (χ3n) is 2.85. The maximum atomic E-state index is 12.4. The Bertz CT molecular complexity index is 770. The number of carbonyl (C=O) groups is 1. The lowest BCUT2D eigenvalue weighted by Crippen LogP contribution is -2.31. The van der Waals surface area contributed by atoms with E-state index in [0.717, 1.165) is 4.57 Å². The summed E-state index contributed by atoms with van der Waals surface area (Å²) in [6, 6.07) is -0.262. The van der Waals surface area contributed by atoms with Crippen molar-refractivity contribution in [3.8, 4) is 0 Å². The predicted octanol–water partition coefficient (Wildman–Crippen LogP) is 0.0983. The SMILES string of the molecule is COCCOC(=O)n1c(=O)n(C(C)C)c2nc(=O)[nH]cc21. The van der Waals surface area contributed by atoms with Crippen molar-refractivity contribution in [1.29, 1.82) is 0 Å². The molecule has 0 saturated heterocycles. The molecule has 0 unspecified atom stereocenters. The summed E-state index contributed by atoms with van der Waals surface area (Å²) < 4.78 is 11.8. The minimum atomic E-state index is -0.838. The average molecular weight is 296 g/mol. The lowest BCUT2D eigenvalue weighted by molar-refractivity contribution is 0.0994. The molecular weight excluding hydrogens is 280 g/mol.